The van der Waals surface area contributed by atoms with Crippen LogP contribution in [0.1, 0.15) is 6.42 Å². The molecule has 2 rings (SSSR count). The first-order valence-electron chi connectivity index (χ1n) is 8.89. The van der Waals surface area contributed by atoms with Crippen molar-refractivity contribution >= 4 is 37.0 Å². The summed E-state index contributed by atoms with van der Waals surface area (Å²) in [5, 5.41) is 6.32. The topological polar surface area (TPSA) is 136 Å². The summed E-state index contributed by atoms with van der Waals surface area (Å²) in [6.45, 7) is 0.732. The molecule has 2 amide bonds. The van der Waals surface area contributed by atoms with E-state index in [-0.39, 0.29) is 36.9 Å². The number of amides is 2. The van der Waals surface area contributed by atoms with E-state index in [1.807, 2.05) is 0 Å². The number of hydrogen-bond donors (Lipinski definition) is 3. The fourth-order valence-electron chi connectivity index (χ4n) is 3.40. The van der Waals surface area contributed by atoms with Crippen LogP contribution in [0.4, 0.5) is 0 Å². The molecule has 0 aromatic carbocycles. The Morgan fingerprint density at radius 2 is 1.93 bits per heavy atom. The largest absolute Gasteiger partial charge is 0.472 e. The van der Waals surface area contributed by atoms with Crippen LogP contribution in [0.2, 0.25) is 0 Å². The molecule has 3 N–H and O–H groups in total. The van der Waals surface area contributed by atoms with Gasteiger partial charge in [-0.2, -0.15) is 0 Å². The Kier molecular flexibility index (Phi) is 8.71. The number of imide groups is 1. The van der Waals surface area contributed by atoms with E-state index in [9.17, 15) is 19.0 Å². The molecule has 0 aromatic rings. The van der Waals surface area contributed by atoms with Crippen molar-refractivity contribution in [2.24, 2.45) is 5.92 Å². The highest BCUT2D eigenvalue weighted by molar-refractivity contribution is 7.80. The maximum atomic E-state index is 11.9. The summed E-state index contributed by atoms with van der Waals surface area (Å²) in [6.07, 6.45) is 1.61. The van der Waals surface area contributed by atoms with Crippen LogP contribution in [0, 0.1) is 5.92 Å². The van der Waals surface area contributed by atoms with Gasteiger partial charge in [0.2, 0.25) is 0 Å². The van der Waals surface area contributed by atoms with E-state index >= 15 is 0 Å². The highest BCUT2D eigenvalue weighted by Gasteiger charge is 2.48. The maximum absolute atomic E-state index is 11.9. The SMILES string of the molecule is COC[C@H]1C[C@@H](NC(=S)NCCN2C(=O)C=CC2=O)C(OC)[C@H]1OP(=O)(O)OC. The minimum absolute atomic E-state index is 0.171. The minimum Gasteiger partial charge on any atom is -0.384 e. The number of thiocarbonyl (C=S) groups is 1. The number of ether oxygens (including phenoxy) is 2. The standard InChI is InChI=1S/C16H26N3O8PS/c1-24-9-10-8-11(15(25-2)14(10)27-28(22,23)26-3)18-16(29)17-6-7-19-12(20)4-5-13(19)21/h4-5,10-11,14-15H,6-9H2,1-3H3,(H,22,23)(H2,17,18,29)/t10-,11-,14+,15?/m1/s1. The molecule has 164 valence electrons. The summed E-state index contributed by atoms with van der Waals surface area (Å²) in [4.78, 5) is 33.9. The fourth-order valence-corrected chi connectivity index (χ4v) is 4.34. The first kappa shape index (κ1) is 23.9. The van der Waals surface area contributed by atoms with Gasteiger partial charge in [0.05, 0.1) is 12.6 Å². The van der Waals surface area contributed by atoms with Crippen molar-refractivity contribution in [1.82, 2.24) is 15.5 Å². The van der Waals surface area contributed by atoms with E-state index < -0.39 is 20.0 Å². The van der Waals surface area contributed by atoms with Gasteiger partial charge in [-0.15, -0.1) is 0 Å². The Hall–Kier alpha value is -1.40. The van der Waals surface area contributed by atoms with Gasteiger partial charge in [0.15, 0.2) is 5.11 Å². The van der Waals surface area contributed by atoms with Crippen molar-refractivity contribution < 1.29 is 37.6 Å². The number of phosphoric ester groups is 1. The second-order valence-electron chi connectivity index (χ2n) is 6.54. The third-order valence-electron chi connectivity index (χ3n) is 4.72. The van der Waals surface area contributed by atoms with E-state index in [2.05, 4.69) is 15.2 Å². The highest BCUT2D eigenvalue weighted by Crippen LogP contribution is 2.48. The van der Waals surface area contributed by atoms with Crippen LogP contribution >= 0.6 is 20.0 Å². The molecule has 2 aliphatic rings. The number of carbonyl (C=O) groups excluding carboxylic acids is 2. The van der Waals surface area contributed by atoms with Gasteiger partial charge < -0.3 is 25.0 Å². The second-order valence-corrected chi connectivity index (χ2v) is 8.46. The predicted octanol–water partition coefficient (Wildman–Crippen LogP) is -0.443. The van der Waals surface area contributed by atoms with Crippen LogP contribution in [0.25, 0.3) is 0 Å². The summed E-state index contributed by atoms with van der Waals surface area (Å²) >= 11 is 5.28. The third kappa shape index (κ3) is 6.29. The molecule has 1 aliphatic carbocycles. The molecule has 0 radical (unpaired) electrons. The lowest BCUT2D eigenvalue weighted by Crippen LogP contribution is -2.49. The van der Waals surface area contributed by atoms with Crippen LogP contribution in [0.5, 0.6) is 0 Å². The molecule has 0 bridgehead atoms. The van der Waals surface area contributed by atoms with Crippen LogP contribution in [-0.2, 0) is 32.7 Å². The Morgan fingerprint density at radius 3 is 2.48 bits per heavy atom. The van der Waals surface area contributed by atoms with Crippen molar-refractivity contribution in [2.75, 3.05) is 41.0 Å². The lowest BCUT2D eigenvalue weighted by molar-refractivity contribution is -0.136. The van der Waals surface area contributed by atoms with Crippen LogP contribution in [-0.4, -0.2) is 86.0 Å². The zero-order valence-electron chi connectivity index (χ0n) is 16.4. The van der Waals surface area contributed by atoms with Gasteiger partial charge in [0.1, 0.15) is 12.2 Å². The van der Waals surface area contributed by atoms with Crippen LogP contribution in [0.3, 0.4) is 0 Å². The maximum Gasteiger partial charge on any atom is 0.472 e. The molecule has 11 nitrogen and oxygen atoms in total. The number of carbonyl (C=O) groups is 2. The normalized spacial score (nSPS) is 28.6. The first-order valence-corrected chi connectivity index (χ1v) is 10.8. The number of methoxy groups -OCH3 is 2. The average Bonchev–Trinajstić information content (AvgIpc) is 3.15. The zero-order valence-corrected chi connectivity index (χ0v) is 18.1. The molecular formula is C16H26N3O8PS. The van der Waals surface area contributed by atoms with Gasteiger partial charge >= 0.3 is 7.82 Å². The Balaban J connectivity index is 1.92. The third-order valence-corrected chi connectivity index (χ3v) is 5.95. The lowest BCUT2D eigenvalue weighted by atomic mass is 10.1. The smallest absolute Gasteiger partial charge is 0.384 e. The molecule has 13 heteroatoms. The monoisotopic (exact) mass is 451 g/mol. The Morgan fingerprint density at radius 1 is 1.28 bits per heavy atom. The summed E-state index contributed by atoms with van der Waals surface area (Å²) in [5.74, 6) is -0.952. The molecule has 0 aromatic heterocycles. The molecule has 1 heterocycles. The summed E-state index contributed by atoms with van der Waals surface area (Å²) in [7, 11) is -0.147. The molecule has 1 aliphatic heterocycles. The molecule has 5 atom stereocenters. The number of hydrogen-bond acceptors (Lipinski definition) is 8. The minimum atomic E-state index is -4.22. The molecule has 1 saturated carbocycles. The Labute approximate surface area is 174 Å². The molecular weight excluding hydrogens is 425 g/mol. The summed E-state index contributed by atoms with van der Waals surface area (Å²) in [5.41, 5.74) is 0. The summed E-state index contributed by atoms with van der Waals surface area (Å²) < 4.78 is 32.4. The van der Waals surface area contributed by atoms with Gasteiger partial charge in [-0.25, -0.2) is 4.57 Å². The van der Waals surface area contributed by atoms with Gasteiger partial charge in [-0.05, 0) is 18.6 Å². The number of nitrogens with one attached hydrogen (secondary N) is 2. The lowest BCUT2D eigenvalue weighted by Gasteiger charge is -2.27. The van der Waals surface area contributed by atoms with Gasteiger partial charge in [0, 0.05) is 52.5 Å². The van der Waals surface area contributed by atoms with Crippen molar-refractivity contribution in [3.05, 3.63) is 12.2 Å². The highest BCUT2D eigenvalue weighted by atomic mass is 32.1. The van der Waals surface area contributed by atoms with Crippen LogP contribution < -0.4 is 10.6 Å². The molecule has 2 unspecified atom stereocenters. The van der Waals surface area contributed by atoms with Crippen LogP contribution in [0.15, 0.2) is 12.2 Å². The Bertz CT molecular complexity index is 688. The van der Waals surface area contributed by atoms with Crippen molar-refractivity contribution in [1.29, 1.82) is 0 Å². The first-order chi connectivity index (χ1) is 13.7. The summed E-state index contributed by atoms with van der Waals surface area (Å²) in [6, 6.07) is -0.321. The van der Waals surface area contributed by atoms with E-state index in [1.54, 1.807) is 0 Å². The quantitative estimate of drug-likeness (QED) is 0.227. The van der Waals surface area contributed by atoms with E-state index in [0.29, 0.717) is 18.1 Å². The van der Waals surface area contributed by atoms with Gasteiger partial charge in [-0.3, -0.25) is 23.5 Å². The van der Waals surface area contributed by atoms with Crippen molar-refractivity contribution in [3.63, 3.8) is 0 Å². The number of rotatable bonds is 10. The van der Waals surface area contributed by atoms with E-state index in [4.69, 9.17) is 26.2 Å². The fraction of sp³-hybridized carbons (Fsp3) is 0.688. The number of nitrogens with zero attached hydrogens (tertiary/aromatic N) is 1. The predicted molar refractivity (Wildman–Crippen MR) is 106 cm³/mol. The molecule has 29 heavy (non-hydrogen) atoms. The van der Waals surface area contributed by atoms with Crippen molar-refractivity contribution in [3.8, 4) is 0 Å². The molecule has 0 saturated heterocycles. The zero-order chi connectivity index (χ0) is 21.6. The van der Waals surface area contributed by atoms with Gasteiger partial charge in [0.25, 0.3) is 11.8 Å². The van der Waals surface area contributed by atoms with E-state index in [1.165, 1.54) is 26.4 Å². The molecule has 1 fully saturated rings. The number of phosphoric acid groups is 1. The van der Waals surface area contributed by atoms with E-state index in [0.717, 1.165) is 12.0 Å². The second kappa shape index (κ2) is 10.6. The van der Waals surface area contributed by atoms with Crippen molar-refractivity contribution in [2.45, 2.75) is 24.7 Å². The average molecular weight is 451 g/mol. The molecule has 0 spiro atoms. The van der Waals surface area contributed by atoms with Gasteiger partial charge in [-0.1, -0.05) is 0 Å².